The number of aromatic nitrogens is 2. The van der Waals surface area contributed by atoms with E-state index < -0.39 is 6.09 Å². The van der Waals surface area contributed by atoms with Crippen LogP contribution in [-0.4, -0.2) is 64.6 Å². The second-order valence-corrected chi connectivity index (χ2v) is 7.21. The number of nitrogens with zero attached hydrogens (tertiary/aromatic N) is 3. The summed E-state index contributed by atoms with van der Waals surface area (Å²) in [4.78, 5) is 37.7. The van der Waals surface area contributed by atoms with Crippen molar-refractivity contribution in [3.63, 3.8) is 0 Å². The van der Waals surface area contributed by atoms with Gasteiger partial charge in [-0.15, -0.1) is 0 Å². The smallest absolute Gasteiger partial charge is 0.411 e. The lowest BCUT2D eigenvalue weighted by Gasteiger charge is -2.31. The van der Waals surface area contributed by atoms with Crippen molar-refractivity contribution in [3.8, 4) is 11.3 Å². The molecule has 0 radical (unpaired) electrons. The van der Waals surface area contributed by atoms with Crippen LogP contribution in [-0.2, 0) is 9.53 Å². The lowest BCUT2D eigenvalue weighted by Crippen LogP contribution is -2.47. The number of hydrogen-bond acceptors (Lipinski definition) is 6. The zero-order valence-corrected chi connectivity index (χ0v) is 17.3. The van der Waals surface area contributed by atoms with Gasteiger partial charge in [0.15, 0.2) is 0 Å². The van der Waals surface area contributed by atoms with Gasteiger partial charge in [-0.25, -0.2) is 4.79 Å². The highest BCUT2D eigenvalue weighted by Gasteiger charge is 2.31. The fourth-order valence-corrected chi connectivity index (χ4v) is 3.35. The number of aliphatic hydroxyl groups excluding tert-OH is 1. The largest absolute Gasteiger partial charge is 0.453 e. The molecule has 3 amide bonds. The highest BCUT2D eigenvalue weighted by atomic mass is 35.5. The third-order valence-electron chi connectivity index (χ3n) is 4.63. The van der Waals surface area contributed by atoms with Crippen molar-refractivity contribution in [2.75, 3.05) is 32.2 Å². The molecule has 30 heavy (non-hydrogen) atoms. The van der Waals surface area contributed by atoms with E-state index in [4.69, 9.17) is 16.7 Å². The molecule has 1 aliphatic rings. The number of carbonyl (C=O) groups excluding carboxylic acids is 3. The number of fused-ring (bicyclic) bond motifs is 1. The van der Waals surface area contributed by atoms with E-state index in [9.17, 15) is 14.4 Å². The van der Waals surface area contributed by atoms with Crippen molar-refractivity contribution in [1.29, 1.82) is 0 Å². The highest BCUT2D eigenvalue weighted by Crippen LogP contribution is 2.32. The fourth-order valence-electron chi connectivity index (χ4n) is 3.18. The molecule has 0 saturated carbocycles. The highest BCUT2D eigenvalue weighted by molar-refractivity contribution is 6.31. The summed E-state index contributed by atoms with van der Waals surface area (Å²) in [6.45, 7) is 2.05. The Morgan fingerprint density at radius 1 is 1.37 bits per heavy atom. The molecule has 2 heterocycles. The maximum atomic E-state index is 12.9. The predicted molar refractivity (Wildman–Crippen MR) is 109 cm³/mol. The minimum atomic E-state index is -0.656. The Kier molecular flexibility index (Phi) is 6.58. The van der Waals surface area contributed by atoms with Gasteiger partial charge >= 0.3 is 6.09 Å². The van der Waals surface area contributed by atoms with Gasteiger partial charge in [0.1, 0.15) is 5.69 Å². The van der Waals surface area contributed by atoms with Gasteiger partial charge in [0.05, 0.1) is 37.8 Å². The zero-order chi connectivity index (χ0) is 21.8. The van der Waals surface area contributed by atoms with Crippen LogP contribution in [0.15, 0.2) is 24.3 Å². The quantitative estimate of drug-likeness (QED) is 0.635. The summed E-state index contributed by atoms with van der Waals surface area (Å²) in [5.74, 6) is -0.620. The summed E-state index contributed by atoms with van der Waals surface area (Å²) in [5.41, 5.74) is 1.83. The Morgan fingerprint density at radius 2 is 2.13 bits per heavy atom. The molecular formula is C19H22ClN5O5. The van der Waals surface area contributed by atoms with E-state index in [2.05, 4.69) is 20.5 Å². The molecule has 0 bridgehead atoms. The molecule has 0 spiro atoms. The molecule has 160 valence electrons. The standard InChI is InChI=1S/C19H22ClN5O5/c1-11-9-24(10-21-17(27)5-6-26)18(28)16-8-15(23-25(11)16)13-4-3-12(20)7-14(13)22-19(29)30-2/h3-4,7-8,11,26H,5-6,9-10H2,1-2H3,(H,21,27)(H,22,29)/t11-/m0/s1. The SMILES string of the molecule is COC(=O)Nc1cc(Cl)ccc1-c1cc2n(n1)[C@@H](C)CN(CNC(=O)CCO)C2=O. The molecular weight excluding hydrogens is 414 g/mol. The third-order valence-corrected chi connectivity index (χ3v) is 4.86. The summed E-state index contributed by atoms with van der Waals surface area (Å²) < 4.78 is 6.27. The maximum absolute atomic E-state index is 12.9. The Hall–Kier alpha value is -3.11. The summed E-state index contributed by atoms with van der Waals surface area (Å²) >= 11 is 6.05. The molecule has 1 aromatic heterocycles. The van der Waals surface area contributed by atoms with E-state index in [-0.39, 0.29) is 37.6 Å². The first-order valence-corrected chi connectivity index (χ1v) is 9.63. The summed E-state index contributed by atoms with van der Waals surface area (Å²) in [5, 5.41) is 19.0. The number of hydrogen-bond donors (Lipinski definition) is 3. The molecule has 3 N–H and O–H groups in total. The van der Waals surface area contributed by atoms with Crippen LogP contribution in [0.1, 0.15) is 29.9 Å². The molecule has 3 rings (SSSR count). The van der Waals surface area contributed by atoms with E-state index in [1.165, 1.54) is 12.0 Å². The van der Waals surface area contributed by atoms with Crippen molar-refractivity contribution in [2.24, 2.45) is 0 Å². The number of methoxy groups -OCH3 is 1. The summed E-state index contributed by atoms with van der Waals surface area (Å²) in [6.07, 6.45) is -0.677. The Labute approximate surface area is 177 Å². The van der Waals surface area contributed by atoms with Gasteiger partial charge in [-0.3, -0.25) is 19.6 Å². The van der Waals surface area contributed by atoms with E-state index in [1.54, 1.807) is 28.9 Å². The van der Waals surface area contributed by atoms with Crippen LogP contribution >= 0.6 is 11.6 Å². The molecule has 0 fully saturated rings. The minimum absolute atomic E-state index is 0.0216. The number of anilines is 1. The van der Waals surface area contributed by atoms with Crippen LogP contribution in [0.4, 0.5) is 10.5 Å². The van der Waals surface area contributed by atoms with E-state index in [0.29, 0.717) is 34.2 Å². The average Bonchev–Trinajstić information content (AvgIpc) is 3.16. The van der Waals surface area contributed by atoms with Crippen LogP contribution in [0, 0.1) is 0 Å². The number of ether oxygens (including phenoxy) is 1. The lowest BCUT2D eigenvalue weighted by molar-refractivity contribution is -0.122. The lowest BCUT2D eigenvalue weighted by atomic mass is 10.1. The maximum Gasteiger partial charge on any atom is 0.411 e. The topological polar surface area (TPSA) is 126 Å². The number of amides is 3. The van der Waals surface area contributed by atoms with Crippen molar-refractivity contribution in [3.05, 3.63) is 35.0 Å². The van der Waals surface area contributed by atoms with Crippen LogP contribution < -0.4 is 10.6 Å². The molecule has 0 aliphatic carbocycles. The van der Waals surface area contributed by atoms with Crippen molar-refractivity contribution in [2.45, 2.75) is 19.4 Å². The van der Waals surface area contributed by atoms with E-state index in [0.717, 1.165) is 0 Å². The summed E-state index contributed by atoms with van der Waals surface area (Å²) in [6, 6.07) is 6.42. The van der Waals surface area contributed by atoms with Crippen LogP contribution in [0.2, 0.25) is 5.02 Å². The van der Waals surface area contributed by atoms with E-state index in [1.807, 2.05) is 6.92 Å². The number of aliphatic hydroxyl groups is 1. The molecule has 0 saturated heterocycles. The number of benzene rings is 1. The molecule has 0 unspecified atom stereocenters. The average molecular weight is 436 g/mol. The first-order chi connectivity index (χ1) is 14.3. The number of carbonyl (C=O) groups is 3. The van der Waals surface area contributed by atoms with Gasteiger partial charge in [0.25, 0.3) is 5.91 Å². The Bertz CT molecular complexity index is 976. The van der Waals surface area contributed by atoms with Crippen molar-refractivity contribution >= 4 is 35.2 Å². The minimum Gasteiger partial charge on any atom is -0.453 e. The summed E-state index contributed by atoms with van der Waals surface area (Å²) in [7, 11) is 1.25. The molecule has 1 atom stereocenters. The van der Waals surface area contributed by atoms with E-state index >= 15 is 0 Å². The second kappa shape index (κ2) is 9.14. The van der Waals surface area contributed by atoms with Gasteiger partial charge in [-0.05, 0) is 31.2 Å². The van der Waals surface area contributed by atoms with Gasteiger partial charge < -0.3 is 20.1 Å². The number of nitrogens with one attached hydrogen (secondary N) is 2. The van der Waals surface area contributed by atoms with Crippen LogP contribution in [0.25, 0.3) is 11.3 Å². The molecule has 11 heteroatoms. The second-order valence-electron chi connectivity index (χ2n) is 6.77. The first-order valence-electron chi connectivity index (χ1n) is 9.25. The molecule has 1 aliphatic heterocycles. The first kappa shape index (κ1) is 21.6. The third kappa shape index (κ3) is 4.55. The monoisotopic (exact) mass is 435 g/mol. The number of halogens is 1. The van der Waals surface area contributed by atoms with Crippen molar-refractivity contribution in [1.82, 2.24) is 20.0 Å². The normalized spacial score (nSPS) is 15.5. The molecule has 1 aromatic carbocycles. The van der Waals surface area contributed by atoms with Gasteiger partial charge in [0.2, 0.25) is 5.91 Å². The Balaban J connectivity index is 1.88. The van der Waals surface area contributed by atoms with Crippen molar-refractivity contribution < 1.29 is 24.2 Å². The molecule has 2 aromatic rings. The van der Waals surface area contributed by atoms with Crippen LogP contribution in [0.5, 0.6) is 0 Å². The van der Waals surface area contributed by atoms with Crippen LogP contribution in [0.3, 0.4) is 0 Å². The van der Waals surface area contributed by atoms with Gasteiger partial charge in [-0.2, -0.15) is 5.10 Å². The predicted octanol–water partition coefficient (Wildman–Crippen LogP) is 1.85. The Morgan fingerprint density at radius 3 is 2.83 bits per heavy atom. The van der Waals surface area contributed by atoms with Gasteiger partial charge in [-0.1, -0.05) is 11.6 Å². The fraction of sp³-hybridized carbons (Fsp3) is 0.368. The zero-order valence-electron chi connectivity index (χ0n) is 16.5. The number of rotatable bonds is 6. The van der Waals surface area contributed by atoms with Gasteiger partial charge in [0, 0.05) is 23.6 Å². The molecule has 10 nitrogen and oxygen atoms in total.